The van der Waals surface area contributed by atoms with Gasteiger partial charge in [0.25, 0.3) is 0 Å². The summed E-state index contributed by atoms with van der Waals surface area (Å²) in [6.45, 7) is 2.94. The topological polar surface area (TPSA) is 72.1 Å². The number of hydrogen-bond acceptors (Lipinski definition) is 6. The van der Waals surface area contributed by atoms with Crippen LogP contribution in [0.1, 0.15) is 22.9 Å². The first-order valence-electron chi connectivity index (χ1n) is 9.52. The van der Waals surface area contributed by atoms with E-state index in [1.807, 2.05) is 53.9 Å². The van der Waals surface area contributed by atoms with E-state index in [4.69, 9.17) is 14.5 Å². The van der Waals surface area contributed by atoms with Gasteiger partial charge in [-0.3, -0.25) is 0 Å². The van der Waals surface area contributed by atoms with Gasteiger partial charge in [0.1, 0.15) is 23.4 Å². The van der Waals surface area contributed by atoms with E-state index in [0.29, 0.717) is 18.8 Å². The molecule has 2 aromatic carbocycles. The lowest BCUT2D eigenvalue weighted by Crippen LogP contribution is -2.35. The van der Waals surface area contributed by atoms with E-state index < -0.39 is 6.10 Å². The number of nitrogens with zero attached hydrogens (tertiary/aromatic N) is 4. The molecule has 4 aromatic rings. The third-order valence-electron chi connectivity index (χ3n) is 5.50. The molecule has 1 aliphatic heterocycles. The lowest BCUT2D eigenvalue weighted by molar-refractivity contribution is 0.169. The summed E-state index contributed by atoms with van der Waals surface area (Å²) in [6, 6.07) is 13.8. The minimum absolute atomic E-state index is 0.414. The van der Waals surface area contributed by atoms with Gasteiger partial charge >= 0.3 is 0 Å². The molecule has 0 fully saturated rings. The van der Waals surface area contributed by atoms with Crippen molar-refractivity contribution in [2.45, 2.75) is 19.6 Å². The summed E-state index contributed by atoms with van der Waals surface area (Å²) in [4.78, 5) is 6.99. The average Bonchev–Trinajstić information content (AvgIpc) is 3.12. The zero-order valence-corrected chi connectivity index (χ0v) is 16.6. The summed E-state index contributed by atoms with van der Waals surface area (Å²) in [5, 5.41) is 16.6. The van der Waals surface area contributed by atoms with Crippen molar-refractivity contribution in [1.29, 1.82) is 0 Å². The molecule has 7 nitrogen and oxygen atoms in total. The normalized spacial score (nSPS) is 16.3. The number of β-amino-alcohol motifs (C(OH)–C–C–N with tert-alkyl or cyclic N) is 1. The molecular formula is C22H22N4O3. The highest BCUT2D eigenvalue weighted by atomic mass is 16.5. The Morgan fingerprint density at radius 1 is 1.07 bits per heavy atom. The van der Waals surface area contributed by atoms with Gasteiger partial charge in [0.2, 0.25) is 0 Å². The molecule has 0 saturated heterocycles. The lowest BCUT2D eigenvalue weighted by atomic mass is 9.95. The molecule has 7 heteroatoms. The largest absolute Gasteiger partial charge is 0.496 e. The van der Waals surface area contributed by atoms with Gasteiger partial charge in [-0.25, -0.2) is 9.50 Å². The maximum atomic E-state index is 11.0. The van der Waals surface area contributed by atoms with Crippen LogP contribution in [0, 0.1) is 6.92 Å². The van der Waals surface area contributed by atoms with Crippen molar-refractivity contribution >= 4 is 22.4 Å². The third-order valence-corrected chi connectivity index (χ3v) is 5.50. The minimum atomic E-state index is -0.716. The van der Waals surface area contributed by atoms with E-state index in [1.54, 1.807) is 14.2 Å². The molecule has 29 heavy (non-hydrogen) atoms. The summed E-state index contributed by atoms with van der Waals surface area (Å²) in [6.07, 6.45) is -0.716. The molecule has 5 rings (SSSR count). The van der Waals surface area contributed by atoms with Crippen molar-refractivity contribution in [1.82, 2.24) is 14.6 Å². The Morgan fingerprint density at radius 3 is 2.62 bits per heavy atom. The van der Waals surface area contributed by atoms with Crippen LogP contribution in [-0.4, -0.2) is 40.5 Å². The fourth-order valence-electron chi connectivity index (χ4n) is 4.24. The first-order chi connectivity index (χ1) is 14.1. The summed E-state index contributed by atoms with van der Waals surface area (Å²) < 4.78 is 12.9. The van der Waals surface area contributed by atoms with Crippen LogP contribution in [0.5, 0.6) is 11.5 Å². The zero-order chi connectivity index (χ0) is 20.1. The van der Waals surface area contributed by atoms with Crippen molar-refractivity contribution in [2.24, 2.45) is 0 Å². The first-order valence-corrected chi connectivity index (χ1v) is 9.52. The van der Waals surface area contributed by atoms with Gasteiger partial charge < -0.3 is 19.5 Å². The second-order valence-corrected chi connectivity index (χ2v) is 7.27. The van der Waals surface area contributed by atoms with Crippen LogP contribution in [0.25, 0.3) is 16.6 Å². The van der Waals surface area contributed by atoms with Gasteiger partial charge in [0.15, 0.2) is 5.65 Å². The van der Waals surface area contributed by atoms with Crippen molar-refractivity contribution in [3.05, 3.63) is 59.3 Å². The molecule has 148 valence electrons. The molecular weight excluding hydrogens is 368 g/mol. The number of methoxy groups -OCH3 is 2. The molecule has 0 amide bonds. The molecule has 1 N–H and O–H groups in total. The number of aliphatic hydroxyl groups is 1. The quantitative estimate of drug-likeness (QED) is 0.579. The van der Waals surface area contributed by atoms with E-state index >= 15 is 0 Å². The molecule has 1 atom stereocenters. The number of ether oxygens (including phenoxy) is 2. The van der Waals surface area contributed by atoms with Gasteiger partial charge in [-0.1, -0.05) is 12.1 Å². The Kier molecular flexibility index (Phi) is 4.06. The number of aliphatic hydroxyl groups excluding tert-OH is 1. The molecule has 0 radical (unpaired) electrons. The molecule has 2 aromatic heterocycles. The second kappa shape index (κ2) is 6.63. The molecule has 1 unspecified atom stereocenters. The van der Waals surface area contributed by atoms with Crippen LogP contribution < -0.4 is 14.4 Å². The zero-order valence-electron chi connectivity index (χ0n) is 16.6. The van der Waals surface area contributed by atoms with Gasteiger partial charge in [0.05, 0.1) is 32.0 Å². The van der Waals surface area contributed by atoms with E-state index in [2.05, 4.69) is 10.00 Å². The number of benzene rings is 2. The predicted molar refractivity (Wildman–Crippen MR) is 111 cm³/mol. The Morgan fingerprint density at radius 2 is 1.83 bits per heavy atom. The molecule has 1 aliphatic rings. The number of hydrogen-bond donors (Lipinski definition) is 1. The molecule has 0 aliphatic carbocycles. The number of aromatic nitrogens is 3. The summed E-state index contributed by atoms with van der Waals surface area (Å²) in [5.41, 5.74) is 4.39. The van der Waals surface area contributed by atoms with Crippen molar-refractivity contribution in [2.75, 3.05) is 25.7 Å². The highest BCUT2D eigenvalue weighted by Gasteiger charge is 2.31. The van der Waals surface area contributed by atoms with E-state index in [0.717, 1.165) is 44.9 Å². The third kappa shape index (κ3) is 2.69. The van der Waals surface area contributed by atoms with Crippen molar-refractivity contribution in [3.63, 3.8) is 0 Å². The van der Waals surface area contributed by atoms with Crippen LogP contribution in [0.15, 0.2) is 42.5 Å². The van der Waals surface area contributed by atoms with Gasteiger partial charge in [-0.2, -0.15) is 5.10 Å². The Balaban J connectivity index is 1.71. The number of anilines is 1. The van der Waals surface area contributed by atoms with Crippen molar-refractivity contribution in [3.8, 4) is 11.5 Å². The highest BCUT2D eigenvalue weighted by Crippen LogP contribution is 2.41. The first kappa shape index (κ1) is 17.8. The second-order valence-electron chi connectivity index (χ2n) is 7.27. The summed E-state index contributed by atoms with van der Waals surface area (Å²) in [5.74, 6) is 2.23. The number of fused-ring (bicyclic) bond motifs is 4. The fraction of sp³-hybridized carbons (Fsp3) is 0.273. The molecule has 0 spiro atoms. The van der Waals surface area contributed by atoms with Crippen molar-refractivity contribution < 1.29 is 14.6 Å². The minimum Gasteiger partial charge on any atom is -0.496 e. The standard InChI is InChI=1S/C22H22N4O3/c1-13-10-20-23-22(14-6-4-5-7-16(14)26(20)24-13)25-11-15-18(28-2)8-9-19(29-3)21(15)17(27)12-25/h4-10,17,27H,11-12H2,1-3H3. The van der Waals surface area contributed by atoms with E-state index in [1.165, 1.54) is 0 Å². The molecule has 0 saturated carbocycles. The fourth-order valence-corrected chi connectivity index (χ4v) is 4.24. The number of aryl methyl sites for hydroxylation is 1. The summed E-state index contributed by atoms with van der Waals surface area (Å²) >= 11 is 0. The highest BCUT2D eigenvalue weighted by molar-refractivity contribution is 5.92. The SMILES string of the molecule is COc1ccc(OC)c2c1CN(c1nc3cc(C)nn3c3ccccc13)CC2O. The van der Waals surface area contributed by atoms with E-state index in [9.17, 15) is 5.11 Å². The molecule has 0 bridgehead atoms. The average molecular weight is 390 g/mol. The van der Waals surface area contributed by atoms with Gasteiger partial charge in [0, 0.05) is 29.1 Å². The van der Waals surface area contributed by atoms with Crippen LogP contribution >= 0.6 is 0 Å². The van der Waals surface area contributed by atoms with E-state index in [-0.39, 0.29) is 0 Å². The van der Waals surface area contributed by atoms with Crippen LogP contribution in [0.2, 0.25) is 0 Å². The van der Waals surface area contributed by atoms with Crippen LogP contribution in [-0.2, 0) is 6.54 Å². The van der Waals surface area contributed by atoms with Gasteiger partial charge in [-0.05, 0) is 31.2 Å². The van der Waals surface area contributed by atoms with Crippen LogP contribution in [0.3, 0.4) is 0 Å². The Labute approximate surface area is 168 Å². The lowest BCUT2D eigenvalue weighted by Gasteiger charge is -2.35. The number of rotatable bonds is 3. The monoisotopic (exact) mass is 390 g/mol. The Bertz CT molecular complexity index is 1230. The Hall–Kier alpha value is -3.32. The van der Waals surface area contributed by atoms with Crippen LogP contribution in [0.4, 0.5) is 5.82 Å². The number of para-hydroxylation sites is 1. The summed E-state index contributed by atoms with van der Waals surface area (Å²) in [7, 11) is 3.26. The van der Waals surface area contributed by atoms with Gasteiger partial charge in [-0.15, -0.1) is 0 Å². The predicted octanol–water partition coefficient (Wildman–Crippen LogP) is 3.26. The maximum absolute atomic E-state index is 11.0. The maximum Gasteiger partial charge on any atom is 0.158 e. The smallest absolute Gasteiger partial charge is 0.158 e. The molecule has 3 heterocycles.